The number of aryl methyl sites for hydroxylation is 2. The summed E-state index contributed by atoms with van der Waals surface area (Å²) in [5.74, 6) is 0.294. The lowest BCUT2D eigenvalue weighted by atomic mass is 10.1. The Balaban J connectivity index is 1.94. The number of amides is 1. The number of benzene rings is 1. The van der Waals surface area contributed by atoms with E-state index in [1.54, 1.807) is 6.07 Å². The standard InChI is InChI=1S/C16H15N3O3S2/c1-4-23-16-18-15(24-19-16)17-14(21)12-7-11(20)10-6-5-8(2)9(3)13(10)22-12/h5-7H,4H2,1-3H3,(H,17,18,19,21). The summed E-state index contributed by atoms with van der Waals surface area (Å²) in [7, 11) is 0. The number of thioether (sulfide) groups is 1. The number of anilines is 1. The fraction of sp³-hybridized carbons (Fsp3) is 0.250. The van der Waals surface area contributed by atoms with Crippen LogP contribution < -0.4 is 10.7 Å². The highest BCUT2D eigenvalue weighted by molar-refractivity contribution is 7.99. The van der Waals surface area contributed by atoms with Crippen molar-refractivity contribution in [1.82, 2.24) is 9.36 Å². The quantitative estimate of drug-likeness (QED) is 0.714. The number of hydrogen-bond donors (Lipinski definition) is 1. The molecule has 1 amide bonds. The van der Waals surface area contributed by atoms with Gasteiger partial charge in [-0.25, -0.2) is 0 Å². The van der Waals surface area contributed by atoms with Crippen LogP contribution in [0.3, 0.4) is 0 Å². The van der Waals surface area contributed by atoms with Crippen LogP contribution in [0.2, 0.25) is 0 Å². The highest BCUT2D eigenvalue weighted by Crippen LogP contribution is 2.22. The van der Waals surface area contributed by atoms with Crippen LogP contribution in [0.5, 0.6) is 0 Å². The number of aromatic nitrogens is 2. The van der Waals surface area contributed by atoms with Crippen LogP contribution in [0, 0.1) is 13.8 Å². The predicted molar refractivity (Wildman–Crippen MR) is 96.2 cm³/mol. The summed E-state index contributed by atoms with van der Waals surface area (Å²) < 4.78 is 9.81. The molecule has 1 N–H and O–H groups in total. The van der Waals surface area contributed by atoms with Crippen molar-refractivity contribution < 1.29 is 9.21 Å². The van der Waals surface area contributed by atoms with Crippen molar-refractivity contribution in [2.45, 2.75) is 25.9 Å². The van der Waals surface area contributed by atoms with Gasteiger partial charge in [-0.05, 0) is 36.8 Å². The van der Waals surface area contributed by atoms with Gasteiger partial charge in [0.05, 0.1) is 5.39 Å². The molecule has 124 valence electrons. The predicted octanol–water partition coefficient (Wildman–Crippen LogP) is 3.63. The molecule has 0 aliphatic rings. The topological polar surface area (TPSA) is 85.1 Å². The molecule has 0 radical (unpaired) electrons. The molecule has 3 aromatic rings. The number of rotatable bonds is 4. The number of hydrogen-bond acceptors (Lipinski definition) is 7. The molecule has 3 rings (SSSR count). The van der Waals surface area contributed by atoms with E-state index in [2.05, 4.69) is 14.7 Å². The number of carbonyl (C=O) groups excluding carboxylic acids is 1. The summed E-state index contributed by atoms with van der Waals surface area (Å²) in [5.41, 5.74) is 2.03. The van der Waals surface area contributed by atoms with Crippen LogP contribution in [0.25, 0.3) is 11.0 Å². The number of carbonyl (C=O) groups is 1. The average molecular weight is 361 g/mol. The Morgan fingerprint density at radius 2 is 2.17 bits per heavy atom. The fourth-order valence-corrected chi connectivity index (χ4v) is 3.44. The maximum atomic E-state index is 12.4. The minimum Gasteiger partial charge on any atom is -0.450 e. The van der Waals surface area contributed by atoms with Gasteiger partial charge >= 0.3 is 0 Å². The maximum Gasteiger partial charge on any atom is 0.293 e. The second-order valence-electron chi connectivity index (χ2n) is 5.13. The summed E-state index contributed by atoms with van der Waals surface area (Å²) in [6.45, 7) is 5.79. The molecule has 24 heavy (non-hydrogen) atoms. The van der Waals surface area contributed by atoms with Crippen molar-refractivity contribution in [2.75, 3.05) is 11.1 Å². The summed E-state index contributed by atoms with van der Waals surface area (Å²) in [5, 5.41) is 4.08. The highest BCUT2D eigenvalue weighted by Gasteiger charge is 2.16. The second kappa shape index (κ2) is 6.74. The Labute approximate surface area is 146 Å². The van der Waals surface area contributed by atoms with Gasteiger partial charge in [0.2, 0.25) is 10.3 Å². The van der Waals surface area contributed by atoms with Gasteiger partial charge in [0.25, 0.3) is 5.91 Å². The number of fused-ring (bicyclic) bond motifs is 1. The molecule has 0 saturated carbocycles. The van der Waals surface area contributed by atoms with Crippen LogP contribution in [-0.2, 0) is 0 Å². The summed E-state index contributed by atoms with van der Waals surface area (Å²) in [4.78, 5) is 28.8. The van der Waals surface area contributed by atoms with Gasteiger partial charge in [-0.3, -0.25) is 14.9 Å². The molecule has 0 aliphatic carbocycles. The van der Waals surface area contributed by atoms with Gasteiger partial charge in [0.15, 0.2) is 11.2 Å². The van der Waals surface area contributed by atoms with E-state index in [1.165, 1.54) is 17.8 Å². The molecule has 0 saturated heterocycles. The van der Waals surface area contributed by atoms with Crippen molar-refractivity contribution in [2.24, 2.45) is 0 Å². The molecule has 0 atom stereocenters. The van der Waals surface area contributed by atoms with E-state index >= 15 is 0 Å². The van der Waals surface area contributed by atoms with E-state index in [0.29, 0.717) is 21.3 Å². The average Bonchev–Trinajstić information content (AvgIpc) is 2.98. The van der Waals surface area contributed by atoms with Crippen molar-refractivity contribution in [3.05, 3.63) is 45.3 Å². The summed E-state index contributed by atoms with van der Waals surface area (Å²) in [6, 6.07) is 4.78. The van der Waals surface area contributed by atoms with Crippen molar-refractivity contribution in [1.29, 1.82) is 0 Å². The summed E-state index contributed by atoms with van der Waals surface area (Å²) in [6.07, 6.45) is 0. The van der Waals surface area contributed by atoms with Crippen molar-refractivity contribution in [3.8, 4) is 0 Å². The van der Waals surface area contributed by atoms with E-state index in [4.69, 9.17) is 4.42 Å². The van der Waals surface area contributed by atoms with Crippen molar-refractivity contribution >= 4 is 45.3 Å². The monoisotopic (exact) mass is 361 g/mol. The molecule has 8 heteroatoms. The third-order valence-corrected chi connectivity index (χ3v) is 5.02. The smallest absolute Gasteiger partial charge is 0.293 e. The molecular formula is C16H15N3O3S2. The first kappa shape index (κ1) is 16.7. The number of nitrogens with one attached hydrogen (secondary N) is 1. The van der Waals surface area contributed by atoms with Gasteiger partial charge in [-0.1, -0.05) is 24.8 Å². The van der Waals surface area contributed by atoms with Gasteiger partial charge < -0.3 is 4.42 Å². The lowest BCUT2D eigenvalue weighted by molar-refractivity contribution is 0.0997. The lowest BCUT2D eigenvalue weighted by Crippen LogP contribution is -2.15. The molecule has 6 nitrogen and oxygen atoms in total. The lowest BCUT2D eigenvalue weighted by Gasteiger charge is -2.06. The first-order chi connectivity index (χ1) is 11.5. The zero-order chi connectivity index (χ0) is 17.3. The zero-order valence-electron chi connectivity index (χ0n) is 13.4. The van der Waals surface area contributed by atoms with E-state index in [0.717, 1.165) is 28.4 Å². The van der Waals surface area contributed by atoms with Crippen LogP contribution in [-0.4, -0.2) is 21.0 Å². The minimum absolute atomic E-state index is 0.0407. The van der Waals surface area contributed by atoms with E-state index in [-0.39, 0.29) is 11.2 Å². The minimum atomic E-state index is -0.515. The van der Waals surface area contributed by atoms with Gasteiger partial charge in [-0.2, -0.15) is 9.36 Å². The third kappa shape index (κ3) is 3.20. The molecule has 0 spiro atoms. The molecule has 2 heterocycles. The Bertz CT molecular complexity index is 978. The SMILES string of the molecule is CCSc1nsc(NC(=O)c2cc(=O)c3ccc(C)c(C)c3o2)n1. The van der Waals surface area contributed by atoms with Crippen LogP contribution >= 0.6 is 23.3 Å². The maximum absolute atomic E-state index is 12.4. The Hall–Kier alpha value is -2.19. The Kier molecular flexibility index (Phi) is 4.68. The molecule has 0 unspecified atom stereocenters. The molecule has 0 fully saturated rings. The molecule has 0 bridgehead atoms. The van der Waals surface area contributed by atoms with Crippen LogP contribution in [0.4, 0.5) is 5.13 Å². The largest absolute Gasteiger partial charge is 0.450 e. The van der Waals surface area contributed by atoms with Gasteiger partial charge in [0.1, 0.15) is 5.58 Å². The first-order valence-corrected chi connectivity index (χ1v) is 9.07. The fourth-order valence-electron chi connectivity index (χ4n) is 2.17. The highest BCUT2D eigenvalue weighted by atomic mass is 32.2. The molecule has 2 aromatic heterocycles. The summed E-state index contributed by atoms with van der Waals surface area (Å²) >= 11 is 2.58. The van der Waals surface area contributed by atoms with Crippen LogP contribution in [0.15, 0.2) is 32.6 Å². The Morgan fingerprint density at radius 1 is 1.38 bits per heavy atom. The molecule has 0 aliphatic heterocycles. The number of nitrogens with zero attached hydrogens (tertiary/aromatic N) is 2. The normalized spacial score (nSPS) is 11.0. The van der Waals surface area contributed by atoms with Gasteiger partial charge in [0, 0.05) is 17.6 Å². The molecule has 1 aromatic carbocycles. The Morgan fingerprint density at radius 3 is 2.92 bits per heavy atom. The van der Waals surface area contributed by atoms with E-state index in [1.807, 2.05) is 26.8 Å². The van der Waals surface area contributed by atoms with Crippen molar-refractivity contribution in [3.63, 3.8) is 0 Å². The van der Waals surface area contributed by atoms with Crippen LogP contribution in [0.1, 0.15) is 28.6 Å². The van der Waals surface area contributed by atoms with Gasteiger partial charge in [-0.15, -0.1) is 0 Å². The van der Waals surface area contributed by atoms with E-state index in [9.17, 15) is 9.59 Å². The zero-order valence-corrected chi connectivity index (χ0v) is 15.0. The van der Waals surface area contributed by atoms with E-state index < -0.39 is 5.91 Å². The molecular weight excluding hydrogens is 346 g/mol. The second-order valence-corrected chi connectivity index (χ2v) is 7.11. The third-order valence-electron chi connectivity index (χ3n) is 3.54. The first-order valence-electron chi connectivity index (χ1n) is 7.31.